The van der Waals surface area contributed by atoms with Crippen LogP contribution >= 0.6 is 23.2 Å². The number of aromatic nitrogens is 1. The van der Waals surface area contributed by atoms with Gasteiger partial charge in [0.15, 0.2) is 0 Å². The van der Waals surface area contributed by atoms with Crippen molar-refractivity contribution >= 4 is 23.2 Å². The number of hydrogen-bond acceptors (Lipinski definition) is 3. The molecule has 1 aromatic carbocycles. The van der Waals surface area contributed by atoms with E-state index in [1.807, 2.05) is 18.2 Å². The summed E-state index contributed by atoms with van der Waals surface area (Å²) >= 11 is 11.9. The maximum absolute atomic E-state index is 6.06. The summed E-state index contributed by atoms with van der Waals surface area (Å²) in [6.07, 6.45) is 2.76. The topological polar surface area (TPSA) is 34.1 Å². The quantitative estimate of drug-likeness (QED) is 0.878. The Labute approximate surface area is 147 Å². The Morgan fingerprint density at radius 2 is 1.87 bits per heavy atom. The number of rotatable bonds is 4. The minimum Gasteiger partial charge on any atom is -0.474 e. The molecule has 5 heteroatoms. The number of ether oxygens (including phenoxy) is 1. The molecule has 2 heterocycles. The predicted molar refractivity (Wildman–Crippen MR) is 94.5 cm³/mol. The van der Waals surface area contributed by atoms with E-state index < -0.39 is 0 Å². The van der Waals surface area contributed by atoms with Gasteiger partial charge in [0, 0.05) is 35.7 Å². The Kier molecular flexibility index (Phi) is 5.42. The third-order valence-electron chi connectivity index (χ3n) is 4.44. The molecule has 122 valence electrons. The van der Waals surface area contributed by atoms with Crippen LogP contribution in [0.5, 0.6) is 5.88 Å². The maximum Gasteiger partial charge on any atom is 0.213 e. The van der Waals surface area contributed by atoms with Crippen molar-refractivity contribution in [2.75, 3.05) is 13.1 Å². The van der Waals surface area contributed by atoms with Crippen molar-refractivity contribution in [2.45, 2.75) is 25.4 Å². The molecule has 0 saturated carbocycles. The lowest BCUT2D eigenvalue weighted by molar-refractivity contribution is 0.108. The van der Waals surface area contributed by atoms with E-state index in [0.717, 1.165) is 24.5 Å². The van der Waals surface area contributed by atoms with Gasteiger partial charge in [-0.1, -0.05) is 35.3 Å². The van der Waals surface area contributed by atoms with E-state index in [9.17, 15) is 0 Å². The molecule has 3 nitrogen and oxygen atoms in total. The second kappa shape index (κ2) is 7.52. The maximum atomic E-state index is 6.06. The largest absolute Gasteiger partial charge is 0.474 e. The lowest BCUT2D eigenvalue weighted by atomic mass is 9.78. The third kappa shape index (κ3) is 4.17. The van der Waals surface area contributed by atoms with Gasteiger partial charge in [-0.25, -0.2) is 4.98 Å². The molecule has 0 spiro atoms. The number of nitrogens with zero attached hydrogens (tertiary/aromatic N) is 1. The first kappa shape index (κ1) is 16.6. The minimum absolute atomic E-state index is 0.0754. The van der Waals surface area contributed by atoms with Crippen molar-refractivity contribution < 1.29 is 4.74 Å². The molecule has 1 saturated heterocycles. The summed E-state index contributed by atoms with van der Waals surface area (Å²) < 4.78 is 6.06. The lowest BCUT2D eigenvalue weighted by Gasteiger charge is -2.36. The van der Waals surface area contributed by atoms with Crippen LogP contribution in [0.1, 0.15) is 24.8 Å². The highest BCUT2D eigenvalue weighted by molar-refractivity contribution is 6.30. The van der Waals surface area contributed by atoms with Crippen LogP contribution < -0.4 is 10.1 Å². The second-order valence-electron chi connectivity index (χ2n) is 5.95. The number of halogens is 2. The molecule has 1 N–H and O–H groups in total. The average Bonchev–Trinajstić information content (AvgIpc) is 2.58. The molecule has 3 rings (SSSR count). The first-order valence-electron chi connectivity index (χ1n) is 7.88. The van der Waals surface area contributed by atoms with Crippen molar-refractivity contribution in [3.63, 3.8) is 0 Å². The van der Waals surface area contributed by atoms with E-state index in [1.165, 1.54) is 5.56 Å². The van der Waals surface area contributed by atoms with Gasteiger partial charge in [0.05, 0.1) is 5.02 Å². The van der Waals surface area contributed by atoms with Gasteiger partial charge >= 0.3 is 0 Å². The summed E-state index contributed by atoms with van der Waals surface area (Å²) in [5.74, 6) is 1.45. The average molecular weight is 351 g/mol. The first-order chi connectivity index (χ1) is 11.1. The fourth-order valence-electron chi connectivity index (χ4n) is 3.23. The van der Waals surface area contributed by atoms with Crippen molar-refractivity contribution in [3.8, 4) is 5.88 Å². The molecule has 1 aromatic heterocycles. The third-order valence-corrected chi connectivity index (χ3v) is 4.92. The molecule has 1 aliphatic rings. The van der Waals surface area contributed by atoms with Crippen molar-refractivity contribution in [1.29, 1.82) is 0 Å². The molecule has 23 heavy (non-hydrogen) atoms. The van der Waals surface area contributed by atoms with Crippen LogP contribution in [0, 0.1) is 5.92 Å². The lowest BCUT2D eigenvalue weighted by Crippen LogP contribution is -2.41. The van der Waals surface area contributed by atoms with Crippen LogP contribution in [-0.2, 0) is 0 Å². The van der Waals surface area contributed by atoms with E-state index in [2.05, 4.69) is 29.4 Å². The number of pyridine rings is 1. The van der Waals surface area contributed by atoms with Gasteiger partial charge in [-0.3, -0.25) is 0 Å². The Hall–Kier alpha value is -1.29. The van der Waals surface area contributed by atoms with E-state index in [4.69, 9.17) is 27.9 Å². The fraction of sp³-hybridized carbons (Fsp3) is 0.389. The van der Waals surface area contributed by atoms with E-state index in [0.29, 0.717) is 22.7 Å². The van der Waals surface area contributed by atoms with E-state index >= 15 is 0 Å². The molecule has 0 radical (unpaired) electrons. The van der Waals surface area contributed by atoms with Gasteiger partial charge < -0.3 is 10.1 Å². The molecule has 0 unspecified atom stereocenters. The van der Waals surface area contributed by atoms with Gasteiger partial charge in [-0.15, -0.1) is 0 Å². The number of hydrogen-bond donors (Lipinski definition) is 1. The van der Waals surface area contributed by atoms with E-state index in [1.54, 1.807) is 12.3 Å². The fourth-order valence-corrected chi connectivity index (χ4v) is 3.46. The molecule has 1 fully saturated rings. The summed E-state index contributed by atoms with van der Waals surface area (Å²) in [6.45, 7) is 4.08. The van der Waals surface area contributed by atoms with Crippen molar-refractivity contribution in [1.82, 2.24) is 10.3 Å². The van der Waals surface area contributed by atoms with Crippen LogP contribution in [0.3, 0.4) is 0 Å². The molecule has 0 bridgehead atoms. The highest BCUT2D eigenvalue weighted by Gasteiger charge is 2.32. The minimum atomic E-state index is 0.0754. The summed E-state index contributed by atoms with van der Waals surface area (Å²) in [4.78, 5) is 4.24. The van der Waals surface area contributed by atoms with Crippen LogP contribution in [0.4, 0.5) is 0 Å². The summed E-state index contributed by atoms with van der Waals surface area (Å²) in [5.41, 5.74) is 1.30. The van der Waals surface area contributed by atoms with Gasteiger partial charge in [0.2, 0.25) is 5.88 Å². The van der Waals surface area contributed by atoms with Crippen LogP contribution in [0.25, 0.3) is 0 Å². The first-order valence-corrected chi connectivity index (χ1v) is 8.63. The normalized spacial score (nSPS) is 22.6. The standard InChI is InChI=1S/C18H20Cl2N2O/c1-12(23-18-7-6-15(20)10-22-18)16-8-9-21-11-17(16)13-2-4-14(19)5-3-13/h2-7,10,12,16-17,21H,8-9,11H2,1H3/t12-,16+,17+/m0/s1. The zero-order valence-electron chi connectivity index (χ0n) is 13.0. The van der Waals surface area contributed by atoms with Gasteiger partial charge in [0.1, 0.15) is 6.10 Å². The Balaban J connectivity index is 1.74. The zero-order chi connectivity index (χ0) is 16.2. The van der Waals surface area contributed by atoms with Crippen LogP contribution in [-0.4, -0.2) is 24.2 Å². The number of nitrogens with one attached hydrogen (secondary N) is 1. The molecule has 0 aliphatic carbocycles. The van der Waals surface area contributed by atoms with Crippen LogP contribution in [0.2, 0.25) is 10.0 Å². The van der Waals surface area contributed by atoms with Gasteiger partial charge in [-0.05, 0) is 43.7 Å². The smallest absolute Gasteiger partial charge is 0.213 e. The summed E-state index contributed by atoms with van der Waals surface area (Å²) in [5, 5.41) is 4.87. The summed E-state index contributed by atoms with van der Waals surface area (Å²) in [7, 11) is 0. The highest BCUT2D eigenvalue weighted by atomic mass is 35.5. The van der Waals surface area contributed by atoms with E-state index in [-0.39, 0.29) is 6.10 Å². The second-order valence-corrected chi connectivity index (χ2v) is 6.83. The Morgan fingerprint density at radius 1 is 1.13 bits per heavy atom. The Morgan fingerprint density at radius 3 is 2.57 bits per heavy atom. The molecule has 3 atom stereocenters. The number of piperidine rings is 1. The molecular formula is C18H20Cl2N2O. The van der Waals surface area contributed by atoms with Crippen LogP contribution in [0.15, 0.2) is 42.6 Å². The number of benzene rings is 1. The predicted octanol–water partition coefficient (Wildman–Crippen LogP) is 4.55. The van der Waals surface area contributed by atoms with Crippen molar-refractivity contribution in [3.05, 3.63) is 58.2 Å². The monoisotopic (exact) mass is 350 g/mol. The Bertz CT molecular complexity index is 630. The zero-order valence-corrected chi connectivity index (χ0v) is 14.5. The molecule has 0 amide bonds. The highest BCUT2D eigenvalue weighted by Crippen LogP contribution is 2.33. The molecule has 1 aliphatic heterocycles. The molecular weight excluding hydrogens is 331 g/mol. The summed E-state index contributed by atoms with van der Waals surface area (Å²) in [6, 6.07) is 11.7. The van der Waals surface area contributed by atoms with Gasteiger partial charge in [-0.2, -0.15) is 0 Å². The van der Waals surface area contributed by atoms with Gasteiger partial charge in [0.25, 0.3) is 0 Å². The SMILES string of the molecule is C[C@H](Oc1ccc(Cl)cn1)[C@H]1CCNC[C@@H]1c1ccc(Cl)cc1. The van der Waals surface area contributed by atoms with Crippen molar-refractivity contribution in [2.24, 2.45) is 5.92 Å². The molecule has 2 aromatic rings.